The van der Waals surface area contributed by atoms with Crippen molar-refractivity contribution in [2.75, 3.05) is 13.2 Å². The van der Waals surface area contributed by atoms with E-state index in [1.807, 2.05) is 54.6 Å². The van der Waals surface area contributed by atoms with E-state index in [1.165, 1.54) is 0 Å². The molecule has 2 aromatic heterocycles. The molecule has 0 bridgehead atoms. The lowest BCUT2D eigenvalue weighted by atomic mass is 10.0. The van der Waals surface area contributed by atoms with Crippen molar-refractivity contribution in [2.45, 2.75) is 19.4 Å². The molecule has 166 valence electrons. The predicted molar refractivity (Wildman–Crippen MR) is 120 cm³/mol. The van der Waals surface area contributed by atoms with E-state index in [0.717, 1.165) is 16.9 Å². The molecule has 1 atom stereocenters. The standard InChI is InChI=1S/C25H21N3O5/c1-15-23-18(13-20(27-24(23)33-28-15)16-7-3-2-4-8-16)25(30)32-14-22(29)26-19-11-12-31-21-10-6-5-9-17(19)21/h2-10,13,19H,11-12,14H2,1H3,(H,26,29). The first kappa shape index (κ1) is 20.7. The Labute approximate surface area is 189 Å². The lowest BCUT2D eigenvalue weighted by molar-refractivity contribution is -0.125. The molecule has 1 aliphatic rings. The number of pyridine rings is 1. The van der Waals surface area contributed by atoms with Crippen LogP contribution in [-0.4, -0.2) is 35.2 Å². The van der Waals surface area contributed by atoms with E-state index in [9.17, 15) is 9.59 Å². The highest BCUT2D eigenvalue weighted by molar-refractivity contribution is 6.04. The molecule has 33 heavy (non-hydrogen) atoms. The SMILES string of the molecule is Cc1noc2nc(-c3ccccc3)cc(C(=O)OCC(=O)NC3CCOc4ccccc43)c12. The molecule has 0 saturated carbocycles. The Morgan fingerprint density at radius 2 is 1.91 bits per heavy atom. The molecule has 1 amide bonds. The van der Waals surface area contributed by atoms with Gasteiger partial charge in [0, 0.05) is 17.5 Å². The fourth-order valence-electron chi connectivity index (χ4n) is 3.95. The zero-order valence-electron chi connectivity index (χ0n) is 17.9. The van der Waals surface area contributed by atoms with Gasteiger partial charge >= 0.3 is 5.97 Å². The average molecular weight is 443 g/mol. The van der Waals surface area contributed by atoms with E-state index >= 15 is 0 Å². The normalized spacial score (nSPS) is 14.9. The molecule has 8 nitrogen and oxygen atoms in total. The highest BCUT2D eigenvalue weighted by Crippen LogP contribution is 2.31. The third kappa shape index (κ3) is 4.15. The first-order valence-electron chi connectivity index (χ1n) is 10.6. The highest BCUT2D eigenvalue weighted by atomic mass is 16.5. The van der Waals surface area contributed by atoms with Crippen LogP contribution in [0.5, 0.6) is 5.75 Å². The van der Waals surface area contributed by atoms with Gasteiger partial charge in [-0.2, -0.15) is 0 Å². The smallest absolute Gasteiger partial charge is 0.339 e. The lowest BCUT2D eigenvalue weighted by Crippen LogP contribution is -2.35. The summed E-state index contributed by atoms with van der Waals surface area (Å²) in [5.74, 6) is -0.282. The minimum atomic E-state index is -0.645. The van der Waals surface area contributed by atoms with Gasteiger partial charge < -0.3 is 19.3 Å². The van der Waals surface area contributed by atoms with Crippen molar-refractivity contribution in [3.05, 3.63) is 77.5 Å². The number of aryl methyl sites for hydroxylation is 1. The Hall–Kier alpha value is -4.20. The number of fused-ring (bicyclic) bond motifs is 2. The molecule has 1 unspecified atom stereocenters. The largest absolute Gasteiger partial charge is 0.493 e. The van der Waals surface area contributed by atoms with E-state index in [1.54, 1.807) is 13.0 Å². The van der Waals surface area contributed by atoms with Gasteiger partial charge in [0.2, 0.25) is 0 Å². The van der Waals surface area contributed by atoms with Gasteiger partial charge in [-0.05, 0) is 19.1 Å². The molecule has 2 aromatic carbocycles. The van der Waals surface area contributed by atoms with Crippen molar-refractivity contribution in [3.8, 4) is 17.0 Å². The van der Waals surface area contributed by atoms with E-state index in [-0.39, 0.29) is 23.2 Å². The molecule has 0 radical (unpaired) electrons. The van der Waals surface area contributed by atoms with Crippen molar-refractivity contribution in [3.63, 3.8) is 0 Å². The fourth-order valence-corrected chi connectivity index (χ4v) is 3.95. The molecule has 0 fully saturated rings. The van der Waals surface area contributed by atoms with Crippen molar-refractivity contribution in [1.29, 1.82) is 0 Å². The minimum absolute atomic E-state index is 0.196. The topological polar surface area (TPSA) is 104 Å². The van der Waals surface area contributed by atoms with Crippen LogP contribution < -0.4 is 10.1 Å². The second-order valence-corrected chi connectivity index (χ2v) is 7.74. The number of esters is 1. The van der Waals surface area contributed by atoms with Gasteiger partial charge in [-0.25, -0.2) is 9.78 Å². The Balaban J connectivity index is 1.33. The molecular formula is C25H21N3O5. The summed E-state index contributed by atoms with van der Waals surface area (Å²) in [5, 5.41) is 7.33. The Morgan fingerprint density at radius 1 is 1.12 bits per heavy atom. The number of benzene rings is 2. The molecule has 5 rings (SSSR count). The first-order chi connectivity index (χ1) is 16.1. The number of aromatic nitrogens is 2. The van der Waals surface area contributed by atoms with Gasteiger partial charge in [-0.3, -0.25) is 4.79 Å². The van der Waals surface area contributed by atoms with E-state index in [0.29, 0.717) is 29.8 Å². The summed E-state index contributed by atoms with van der Waals surface area (Å²) < 4.78 is 16.3. The number of nitrogens with one attached hydrogen (secondary N) is 1. The second-order valence-electron chi connectivity index (χ2n) is 7.74. The third-order valence-corrected chi connectivity index (χ3v) is 5.53. The van der Waals surface area contributed by atoms with Crippen molar-refractivity contribution in [1.82, 2.24) is 15.5 Å². The van der Waals surface area contributed by atoms with Gasteiger partial charge in [0.25, 0.3) is 11.6 Å². The zero-order valence-corrected chi connectivity index (χ0v) is 17.9. The van der Waals surface area contributed by atoms with Gasteiger partial charge in [0.05, 0.1) is 35.0 Å². The number of amides is 1. The Morgan fingerprint density at radius 3 is 2.76 bits per heavy atom. The fraction of sp³-hybridized carbons (Fsp3) is 0.200. The summed E-state index contributed by atoms with van der Waals surface area (Å²) in [7, 11) is 0. The van der Waals surface area contributed by atoms with Gasteiger partial charge in [0.1, 0.15) is 5.75 Å². The van der Waals surface area contributed by atoms with Crippen LogP contribution in [0.1, 0.15) is 34.1 Å². The second kappa shape index (κ2) is 8.74. The van der Waals surface area contributed by atoms with Crippen molar-refractivity contribution < 1.29 is 23.6 Å². The maximum absolute atomic E-state index is 13.0. The van der Waals surface area contributed by atoms with Crippen LogP contribution in [0.3, 0.4) is 0 Å². The molecular weight excluding hydrogens is 422 g/mol. The Bertz CT molecular complexity index is 1330. The van der Waals surface area contributed by atoms with E-state index in [4.69, 9.17) is 14.0 Å². The van der Waals surface area contributed by atoms with E-state index < -0.39 is 12.6 Å². The van der Waals surface area contributed by atoms with Crippen LogP contribution >= 0.6 is 0 Å². The van der Waals surface area contributed by atoms with Gasteiger partial charge in [0.15, 0.2) is 6.61 Å². The summed E-state index contributed by atoms with van der Waals surface area (Å²) >= 11 is 0. The maximum atomic E-state index is 13.0. The number of rotatable bonds is 5. The molecule has 3 heterocycles. The molecule has 0 saturated heterocycles. The third-order valence-electron chi connectivity index (χ3n) is 5.53. The maximum Gasteiger partial charge on any atom is 0.339 e. The van der Waals surface area contributed by atoms with Crippen LogP contribution in [0.15, 0.2) is 65.2 Å². The van der Waals surface area contributed by atoms with Crippen LogP contribution in [0.2, 0.25) is 0 Å². The van der Waals surface area contributed by atoms with Gasteiger partial charge in [-0.15, -0.1) is 0 Å². The first-order valence-corrected chi connectivity index (χ1v) is 10.6. The molecule has 1 N–H and O–H groups in total. The number of carbonyl (C=O) groups is 2. The zero-order chi connectivity index (χ0) is 22.8. The molecule has 1 aliphatic heterocycles. The van der Waals surface area contributed by atoms with Crippen LogP contribution in [0.4, 0.5) is 0 Å². The summed E-state index contributed by atoms with van der Waals surface area (Å²) in [5.41, 5.74) is 3.29. The predicted octanol–water partition coefficient (Wildman–Crippen LogP) is 4.00. The monoisotopic (exact) mass is 443 g/mol. The van der Waals surface area contributed by atoms with Crippen LogP contribution in [0, 0.1) is 6.92 Å². The molecule has 0 spiro atoms. The van der Waals surface area contributed by atoms with Gasteiger partial charge in [-0.1, -0.05) is 53.7 Å². The molecule has 4 aromatic rings. The molecule has 8 heteroatoms. The van der Waals surface area contributed by atoms with Crippen molar-refractivity contribution >= 4 is 23.0 Å². The summed E-state index contributed by atoms with van der Waals surface area (Å²) in [6, 6.07) is 18.4. The molecule has 0 aliphatic carbocycles. The number of hydrogen-bond acceptors (Lipinski definition) is 7. The Kier molecular flexibility index (Phi) is 5.48. The summed E-state index contributed by atoms with van der Waals surface area (Å²) in [6.45, 7) is 1.82. The quantitative estimate of drug-likeness (QED) is 0.465. The number of para-hydroxylation sites is 1. The van der Waals surface area contributed by atoms with Crippen molar-refractivity contribution in [2.24, 2.45) is 0 Å². The number of carbonyl (C=O) groups excluding carboxylic acids is 2. The van der Waals surface area contributed by atoms with E-state index in [2.05, 4.69) is 15.5 Å². The van der Waals surface area contributed by atoms with Crippen LogP contribution in [0.25, 0.3) is 22.4 Å². The number of hydrogen-bond donors (Lipinski definition) is 1. The average Bonchev–Trinajstić information content (AvgIpc) is 3.23. The lowest BCUT2D eigenvalue weighted by Gasteiger charge is -2.26. The summed E-state index contributed by atoms with van der Waals surface area (Å²) in [6.07, 6.45) is 0.641. The minimum Gasteiger partial charge on any atom is -0.493 e. The number of ether oxygens (including phenoxy) is 2. The highest BCUT2D eigenvalue weighted by Gasteiger charge is 2.24. The van der Waals surface area contributed by atoms with Crippen LogP contribution in [-0.2, 0) is 9.53 Å². The summed E-state index contributed by atoms with van der Waals surface area (Å²) in [4.78, 5) is 30.0. The number of nitrogens with zero attached hydrogens (tertiary/aromatic N) is 2.